The highest BCUT2D eigenvalue weighted by molar-refractivity contribution is 7.89. The van der Waals surface area contributed by atoms with Crippen molar-refractivity contribution in [2.75, 3.05) is 19.2 Å². The Bertz CT molecular complexity index is 1360. The van der Waals surface area contributed by atoms with Crippen molar-refractivity contribution >= 4 is 33.2 Å². The molecule has 33 heavy (non-hydrogen) atoms. The summed E-state index contributed by atoms with van der Waals surface area (Å²) >= 11 is 6.33. The van der Waals surface area contributed by atoms with E-state index in [-0.39, 0.29) is 19.0 Å². The van der Waals surface area contributed by atoms with E-state index in [0.29, 0.717) is 22.2 Å². The number of amides is 1. The van der Waals surface area contributed by atoms with Crippen molar-refractivity contribution in [3.63, 3.8) is 0 Å². The van der Waals surface area contributed by atoms with Gasteiger partial charge in [0.1, 0.15) is 0 Å². The molecule has 0 saturated heterocycles. The Labute approximate surface area is 198 Å². The predicted molar refractivity (Wildman–Crippen MR) is 127 cm³/mol. The van der Waals surface area contributed by atoms with Gasteiger partial charge < -0.3 is 14.8 Å². The fraction of sp³-hybridized carbons (Fsp3) is 0.208. The zero-order chi connectivity index (χ0) is 23.2. The summed E-state index contributed by atoms with van der Waals surface area (Å²) in [7, 11) is -2.12. The Balaban J connectivity index is 0.00000274. The molecule has 0 spiro atoms. The van der Waals surface area contributed by atoms with E-state index in [1.165, 1.54) is 7.05 Å². The van der Waals surface area contributed by atoms with Crippen LogP contribution in [-0.2, 0) is 20.2 Å². The van der Waals surface area contributed by atoms with E-state index in [0.717, 1.165) is 29.5 Å². The van der Waals surface area contributed by atoms with Gasteiger partial charge in [-0.2, -0.15) is 0 Å². The largest absolute Gasteiger partial charge is 0.454 e. The smallest absolute Gasteiger partial charge is 0.240 e. The third kappa shape index (κ3) is 3.94. The van der Waals surface area contributed by atoms with E-state index in [2.05, 4.69) is 10.0 Å². The van der Waals surface area contributed by atoms with Gasteiger partial charge in [0.2, 0.25) is 22.7 Å². The van der Waals surface area contributed by atoms with Gasteiger partial charge in [0.25, 0.3) is 0 Å². The average molecular weight is 487 g/mol. The van der Waals surface area contributed by atoms with Gasteiger partial charge in [0.15, 0.2) is 11.5 Å². The monoisotopic (exact) mass is 486 g/mol. The molecule has 3 aromatic rings. The van der Waals surface area contributed by atoms with Crippen molar-refractivity contribution in [3.05, 3.63) is 71.2 Å². The maximum Gasteiger partial charge on any atom is 0.240 e. The number of halogens is 1. The van der Waals surface area contributed by atoms with Gasteiger partial charge in [-0.25, -0.2) is 13.1 Å². The topological polar surface area (TPSA) is 93.7 Å². The molecule has 9 heteroatoms. The first kappa shape index (κ1) is 21.8. The van der Waals surface area contributed by atoms with Crippen LogP contribution in [0.1, 0.15) is 19.8 Å². The van der Waals surface area contributed by atoms with E-state index >= 15 is 0 Å². The van der Waals surface area contributed by atoms with Gasteiger partial charge in [-0.1, -0.05) is 35.9 Å². The molecule has 0 unspecified atom stereocenters. The van der Waals surface area contributed by atoms with Crippen LogP contribution in [0, 0.1) is 0 Å². The zero-order valence-electron chi connectivity index (χ0n) is 17.7. The number of carbonyl (C=O) groups is 1. The Kier molecular flexibility index (Phi) is 5.31. The first-order valence-electron chi connectivity index (χ1n) is 10.4. The molecular formula is C24H23ClN2O5S. The van der Waals surface area contributed by atoms with Crippen LogP contribution < -0.4 is 19.5 Å². The Morgan fingerprint density at radius 2 is 1.79 bits per heavy atom. The number of sulfonamides is 1. The van der Waals surface area contributed by atoms with Crippen LogP contribution in [0.15, 0.2) is 65.6 Å². The minimum absolute atomic E-state index is 0. The second-order valence-corrected chi connectivity index (χ2v) is 10.3. The quantitative estimate of drug-likeness (QED) is 0.532. The van der Waals surface area contributed by atoms with Crippen LogP contribution >= 0.6 is 11.6 Å². The van der Waals surface area contributed by atoms with E-state index in [1.54, 1.807) is 30.3 Å². The summed E-state index contributed by atoms with van der Waals surface area (Å²) in [6, 6.07) is 17.6. The third-order valence-corrected chi connectivity index (χ3v) is 7.76. The van der Waals surface area contributed by atoms with Crippen LogP contribution in [0.5, 0.6) is 11.5 Å². The van der Waals surface area contributed by atoms with Crippen molar-refractivity contribution < 1.29 is 24.1 Å². The molecule has 0 radical (unpaired) electrons. The Morgan fingerprint density at radius 1 is 1.03 bits per heavy atom. The van der Waals surface area contributed by atoms with Gasteiger partial charge in [0.05, 0.1) is 15.3 Å². The van der Waals surface area contributed by atoms with Crippen molar-refractivity contribution in [1.29, 1.82) is 0 Å². The van der Waals surface area contributed by atoms with Crippen molar-refractivity contribution in [2.24, 2.45) is 0 Å². The molecule has 2 aliphatic rings. The molecule has 1 saturated carbocycles. The number of benzene rings is 3. The summed E-state index contributed by atoms with van der Waals surface area (Å²) in [5.74, 6) is 0.963. The van der Waals surface area contributed by atoms with Crippen LogP contribution in [0.3, 0.4) is 0 Å². The summed E-state index contributed by atoms with van der Waals surface area (Å²) in [5.41, 5.74) is 2.51. The molecule has 3 aromatic carbocycles. The molecule has 1 aliphatic carbocycles. The number of anilines is 1. The predicted octanol–water partition coefficient (Wildman–Crippen LogP) is 4.56. The number of fused-ring (bicyclic) bond motifs is 1. The number of hydrogen-bond donors (Lipinski definition) is 2. The summed E-state index contributed by atoms with van der Waals surface area (Å²) in [5, 5.41) is 3.46. The van der Waals surface area contributed by atoms with Crippen LogP contribution in [0.4, 0.5) is 5.69 Å². The summed E-state index contributed by atoms with van der Waals surface area (Å²) in [6.07, 6.45) is 1.44. The lowest BCUT2D eigenvalue weighted by Crippen LogP contribution is -2.27. The summed E-state index contributed by atoms with van der Waals surface area (Å²) < 4.78 is 37.0. The molecule has 7 nitrogen and oxygen atoms in total. The fourth-order valence-electron chi connectivity index (χ4n) is 3.99. The van der Waals surface area contributed by atoms with Gasteiger partial charge in [-0.05, 0) is 73.0 Å². The van der Waals surface area contributed by atoms with Crippen LogP contribution in [0.2, 0.25) is 5.02 Å². The Hall–Kier alpha value is -3.07. The molecule has 1 fully saturated rings. The van der Waals surface area contributed by atoms with E-state index < -0.39 is 15.4 Å². The van der Waals surface area contributed by atoms with E-state index in [9.17, 15) is 13.2 Å². The highest BCUT2D eigenvalue weighted by Crippen LogP contribution is 2.52. The maximum absolute atomic E-state index is 13.2. The highest BCUT2D eigenvalue weighted by Gasteiger charge is 2.52. The minimum Gasteiger partial charge on any atom is -0.454 e. The average Bonchev–Trinajstić information content (AvgIpc) is 3.50. The molecule has 2 N–H and O–H groups in total. The van der Waals surface area contributed by atoms with E-state index in [1.807, 2.05) is 30.3 Å². The summed E-state index contributed by atoms with van der Waals surface area (Å²) in [4.78, 5) is 13.4. The number of hydrogen-bond acceptors (Lipinski definition) is 5. The van der Waals surface area contributed by atoms with Crippen molar-refractivity contribution in [2.45, 2.75) is 23.2 Å². The molecular weight excluding hydrogens is 464 g/mol. The van der Waals surface area contributed by atoms with Gasteiger partial charge in [-0.3, -0.25) is 4.79 Å². The normalized spacial score (nSPS) is 15.8. The molecule has 5 rings (SSSR count). The third-order valence-electron chi connectivity index (χ3n) is 6.05. The number of carbonyl (C=O) groups excluding carboxylic acids is 1. The Morgan fingerprint density at radius 3 is 2.48 bits per heavy atom. The van der Waals surface area contributed by atoms with Gasteiger partial charge in [0, 0.05) is 7.11 Å². The second kappa shape index (κ2) is 8.06. The number of ether oxygens (including phenoxy) is 2. The lowest BCUT2D eigenvalue weighted by molar-refractivity contribution is -0.118. The van der Waals surface area contributed by atoms with Gasteiger partial charge >= 0.3 is 0 Å². The standard InChI is InChI=1S/C24H21ClN2O5S.H2/c1-26-33(29,30)19-7-5-15(6-8-19)16-3-2-4-18(11-16)27-23(28)24(9-10-24)17-12-20(25)22-21(13-17)31-14-32-22;/h2-8,11-13,26H,9-10,14H2,1H3,(H,27,28);1H. The number of rotatable bonds is 6. The SMILES string of the molecule is CNS(=O)(=O)c1ccc(-c2cccc(NC(=O)C3(c4cc(Cl)c5c(c4)OCO5)CC3)c2)cc1.[HH]. The first-order chi connectivity index (χ1) is 15.8. The first-order valence-corrected chi connectivity index (χ1v) is 12.2. The van der Waals surface area contributed by atoms with Crippen molar-refractivity contribution in [1.82, 2.24) is 4.72 Å². The molecule has 1 amide bonds. The second-order valence-electron chi connectivity index (χ2n) is 8.04. The fourth-order valence-corrected chi connectivity index (χ4v) is 4.98. The summed E-state index contributed by atoms with van der Waals surface area (Å²) in [6.45, 7) is 0.117. The molecule has 0 atom stereocenters. The molecule has 1 aliphatic heterocycles. The maximum atomic E-state index is 13.2. The molecule has 1 heterocycles. The van der Waals surface area contributed by atoms with E-state index in [4.69, 9.17) is 21.1 Å². The number of nitrogens with one attached hydrogen (secondary N) is 2. The zero-order valence-corrected chi connectivity index (χ0v) is 19.3. The van der Waals surface area contributed by atoms with Gasteiger partial charge in [-0.15, -0.1) is 0 Å². The minimum atomic E-state index is -3.50. The molecule has 0 bridgehead atoms. The van der Waals surface area contributed by atoms with Crippen molar-refractivity contribution in [3.8, 4) is 22.6 Å². The van der Waals surface area contributed by atoms with Crippen LogP contribution in [-0.4, -0.2) is 28.2 Å². The molecule has 172 valence electrons. The lowest BCUT2D eigenvalue weighted by atomic mass is 9.94. The lowest BCUT2D eigenvalue weighted by Gasteiger charge is -2.17. The van der Waals surface area contributed by atoms with Crippen LogP contribution in [0.25, 0.3) is 11.1 Å². The highest BCUT2D eigenvalue weighted by atomic mass is 35.5. The molecule has 0 aromatic heterocycles.